The Morgan fingerprint density at radius 2 is 2.38 bits per heavy atom. The molecule has 13 heavy (non-hydrogen) atoms. The standard InChI is InChI=1S/C10H14N2O/c11-8-4-6-13-10(7-8)9-3-1-2-5-12-9/h1-3,5,8,10H,4,6-7,11H2/t8-,10-/m1/s1. The molecule has 2 heterocycles. The number of aromatic nitrogens is 1. The topological polar surface area (TPSA) is 48.1 Å². The van der Waals surface area contributed by atoms with Crippen LogP contribution in [-0.2, 0) is 4.74 Å². The van der Waals surface area contributed by atoms with E-state index in [1.807, 2.05) is 18.2 Å². The Morgan fingerprint density at radius 3 is 3.08 bits per heavy atom. The highest BCUT2D eigenvalue weighted by molar-refractivity contribution is 5.07. The Bertz CT molecular complexity index is 263. The van der Waals surface area contributed by atoms with Crippen LogP contribution in [0.1, 0.15) is 24.6 Å². The molecule has 1 aliphatic rings. The molecule has 70 valence electrons. The fourth-order valence-corrected chi connectivity index (χ4v) is 1.60. The molecule has 0 saturated carbocycles. The van der Waals surface area contributed by atoms with E-state index in [2.05, 4.69) is 4.98 Å². The lowest BCUT2D eigenvalue weighted by Crippen LogP contribution is -2.30. The SMILES string of the molecule is N[C@@H]1CCO[C@@H](c2ccccn2)C1. The van der Waals surface area contributed by atoms with Gasteiger partial charge in [-0.3, -0.25) is 4.98 Å². The van der Waals surface area contributed by atoms with Gasteiger partial charge >= 0.3 is 0 Å². The lowest BCUT2D eigenvalue weighted by Gasteiger charge is -2.26. The van der Waals surface area contributed by atoms with Gasteiger partial charge in [0, 0.05) is 18.8 Å². The van der Waals surface area contributed by atoms with Gasteiger partial charge in [0.15, 0.2) is 0 Å². The summed E-state index contributed by atoms with van der Waals surface area (Å²) in [6.45, 7) is 0.752. The van der Waals surface area contributed by atoms with Crippen LogP contribution in [0, 0.1) is 0 Å². The summed E-state index contributed by atoms with van der Waals surface area (Å²) in [6, 6.07) is 6.14. The van der Waals surface area contributed by atoms with Gasteiger partial charge < -0.3 is 10.5 Å². The lowest BCUT2D eigenvalue weighted by atomic mass is 10.0. The van der Waals surface area contributed by atoms with Gasteiger partial charge in [0.25, 0.3) is 0 Å². The monoisotopic (exact) mass is 178 g/mol. The summed E-state index contributed by atoms with van der Waals surface area (Å²) in [5, 5.41) is 0. The first kappa shape index (κ1) is 8.66. The number of hydrogen-bond donors (Lipinski definition) is 1. The maximum atomic E-state index is 5.85. The van der Waals surface area contributed by atoms with Crippen LogP contribution >= 0.6 is 0 Å². The highest BCUT2D eigenvalue weighted by Crippen LogP contribution is 2.25. The van der Waals surface area contributed by atoms with Gasteiger partial charge in [-0.1, -0.05) is 6.07 Å². The molecule has 0 unspecified atom stereocenters. The molecular weight excluding hydrogens is 164 g/mol. The van der Waals surface area contributed by atoms with E-state index in [1.165, 1.54) is 0 Å². The molecule has 1 aromatic heterocycles. The average Bonchev–Trinajstić information content (AvgIpc) is 2.19. The highest BCUT2D eigenvalue weighted by atomic mass is 16.5. The van der Waals surface area contributed by atoms with Gasteiger partial charge in [0.1, 0.15) is 6.10 Å². The van der Waals surface area contributed by atoms with E-state index in [4.69, 9.17) is 10.5 Å². The smallest absolute Gasteiger partial charge is 0.101 e. The molecule has 1 aliphatic heterocycles. The molecule has 0 spiro atoms. The van der Waals surface area contributed by atoms with Crippen LogP contribution in [0.2, 0.25) is 0 Å². The summed E-state index contributed by atoms with van der Waals surface area (Å²) in [6.07, 6.45) is 3.74. The third kappa shape index (κ3) is 2.05. The zero-order valence-electron chi connectivity index (χ0n) is 7.52. The molecule has 2 atom stereocenters. The number of pyridine rings is 1. The average molecular weight is 178 g/mol. The normalized spacial score (nSPS) is 28.7. The Balaban J connectivity index is 2.08. The van der Waals surface area contributed by atoms with Crippen molar-refractivity contribution in [3.05, 3.63) is 30.1 Å². The van der Waals surface area contributed by atoms with Crippen LogP contribution in [0.15, 0.2) is 24.4 Å². The molecule has 0 radical (unpaired) electrons. The zero-order chi connectivity index (χ0) is 9.10. The van der Waals surface area contributed by atoms with E-state index in [9.17, 15) is 0 Å². The first-order valence-electron chi connectivity index (χ1n) is 4.64. The quantitative estimate of drug-likeness (QED) is 0.704. The van der Waals surface area contributed by atoms with E-state index >= 15 is 0 Å². The molecule has 2 rings (SSSR count). The summed E-state index contributed by atoms with van der Waals surface area (Å²) in [7, 11) is 0. The molecule has 1 fully saturated rings. The van der Waals surface area contributed by atoms with Gasteiger partial charge in [-0.2, -0.15) is 0 Å². The first-order valence-corrected chi connectivity index (χ1v) is 4.64. The van der Waals surface area contributed by atoms with E-state index in [1.54, 1.807) is 6.20 Å². The number of ether oxygens (including phenoxy) is 1. The second-order valence-electron chi connectivity index (χ2n) is 3.40. The summed E-state index contributed by atoms with van der Waals surface area (Å²) < 4.78 is 5.59. The van der Waals surface area contributed by atoms with Crippen LogP contribution < -0.4 is 5.73 Å². The Hall–Kier alpha value is -0.930. The van der Waals surface area contributed by atoms with Crippen molar-refractivity contribution < 1.29 is 4.74 Å². The van der Waals surface area contributed by atoms with Gasteiger partial charge in [-0.25, -0.2) is 0 Å². The molecule has 3 heteroatoms. The van der Waals surface area contributed by atoms with Crippen molar-refractivity contribution in [2.45, 2.75) is 25.0 Å². The van der Waals surface area contributed by atoms with Crippen molar-refractivity contribution in [3.63, 3.8) is 0 Å². The van der Waals surface area contributed by atoms with Gasteiger partial charge in [0.2, 0.25) is 0 Å². The van der Waals surface area contributed by atoms with Crippen molar-refractivity contribution in [3.8, 4) is 0 Å². The second kappa shape index (κ2) is 3.85. The molecule has 1 aromatic rings. The van der Waals surface area contributed by atoms with Gasteiger partial charge in [-0.15, -0.1) is 0 Å². The minimum atomic E-state index is 0.102. The maximum Gasteiger partial charge on any atom is 0.101 e. The second-order valence-corrected chi connectivity index (χ2v) is 3.40. The Morgan fingerprint density at radius 1 is 1.46 bits per heavy atom. The van der Waals surface area contributed by atoms with Crippen LogP contribution in [0.25, 0.3) is 0 Å². The molecule has 0 aromatic carbocycles. The van der Waals surface area contributed by atoms with Crippen molar-refractivity contribution in [1.82, 2.24) is 4.98 Å². The molecule has 1 saturated heterocycles. The van der Waals surface area contributed by atoms with Crippen molar-refractivity contribution >= 4 is 0 Å². The van der Waals surface area contributed by atoms with Gasteiger partial charge in [0.05, 0.1) is 5.69 Å². The number of hydrogen-bond acceptors (Lipinski definition) is 3. The molecule has 0 amide bonds. The van der Waals surface area contributed by atoms with Crippen molar-refractivity contribution in [2.75, 3.05) is 6.61 Å². The predicted octanol–water partition coefficient (Wildman–Crippen LogP) is 1.26. The van der Waals surface area contributed by atoms with Gasteiger partial charge in [-0.05, 0) is 25.0 Å². The van der Waals surface area contributed by atoms with E-state index in [-0.39, 0.29) is 12.1 Å². The molecule has 0 bridgehead atoms. The van der Waals surface area contributed by atoms with E-state index in [0.717, 1.165) is 25.1 Å². The maximum absolute atomic E-state index is 5.85. The predicted molar refractivity (Wildman–Crippen MR) is 50.1 cm³/mol. The highest BCUT2D eigenvalue weighted by Gasteiger charge is 2.21. The summed E-state index contributed by atoms with van der Waals surface area (Å²) in [5.41, 5.74) is 6.85. The lowest BCUT2D eigenvalue weighted by molar-refractivity contribution is 0.00413. The molecular formula is C10H14N2O. The minimum absolute atomic E-state index is 0.102. The Kier molecular flexibility index (Phi) is 2.57. The van der Waals surface area contributed by atoms with E-state index < -0.39 is 0 Å². The van der Waals surface area contributed by atoms with Crippen LogP contribution in [-0.4, -0.2) is 17.6 Å². The fourth-order valence-electron chi connectivity index (χ4n) is 1.60. The largest absolute Gasteiger partial charge is 0.372 e. The summed E-state index contributed by atoms with van der Waals surface area (Å²) >= 11 is 0. The molecule has 2 N–H and O–H groups in total. The summed E-state index contributed by atoms with van der Waals surface area (Å²) in [5.74, 6) is 0. The third-order valence-corrected chi connectivity index (χ3v) is 2.34. The first-order chi connectivity index (χ1) is 6.36. The van der Waals surface area contributed by atoms with Crippen LogP contribution in [0.5, 0.6) is 0 Å². The number of rotatable bonds is 1. The van der Waals surface area contributed by atoms with Crippen molar-refractivity contribution in [1.29, 1.82) is 0 Å². The summed E-state index contributed by atoms with van der Waals surface area (Å²) in [4.78, 5) is 4.26. The number of nitrogens with two attached hydrogens (primary N) is 1. The van der Waals surface area contributed by atoms with Crippen LogP contribution in [0.3, 0.4) is 0 Å². The third-order valence-electron chi connectivity index (χ3n) is 2.34. The Labute approximate surface area is 77.9 Å². The zero-order valence-corrected chi connectivity index (χ0v) is 7.52. The van der Waals surface area contributed by atoms with Crippen molar-refractivity contribution in [2.24, 2.45) is 5.73 Å². The minimum Gasteiger partial charge on any atom is -0.372 e. The molecule has 0 aliphatic carbocycles. The van der Waals surface area contributed by atoms with E-state index in [0.29, 0.717) is 0 Å². The number of nitrogens with zero attached hydrogens (tertiary/aromatic N) is 1. The fraction of sp³-hybridized carbons (Fsp3) is 0.500. The molecule has 3 nitrogen and oxygen atoms in total. The van der Waals surface area contributed by atoms with Crippen LogP contribution in [0.4, 0.5) is 0 Å².